The molecule has 0 atom stereocenters. The number of fused-ring (bicyclic) bond motifs is 2. The van der Waals surface area contributed by atoms with Gasteiger partial charge in [-0.2, -0.15) is 0 Å². The minimum atomic E-state index is -0.891. The summed E-state index contributed by atoms with van der Waals surface area (Å²) in [6.45, 7) is 1.61. The SMILES string of the molecule is CC(=CCc1cccc2cc3cccc(CO)c3cc12)C(=O)O. The number of aliphatic carboxylic acids is 1. The molecule has 0 spiro atoms. The predicted molar refractivity (Wildman–Crippen MR) is 92.5 cm³/mol. The molecule has 0 bridgehead atoms. The molecule has 0 heterocycles. The number of carbonyl (C=O) groups is 1. The highest BCUT2D eigenvalue weighted by atomic mass is 16.4. The molecule has 0 saturated carbocycles. The molecular formula is C20H18O3. The van der Waals surface area contributed by atoms with Gasteiger partial charge in [0.1, 0.15) is 0 Å². The maximum absolute atomic E-state index is 10.9. The van der Waals surface area contributed by atoms with Crippen LogP contribution in [-0.4, -0.2) is 16.2 Å². The molecule has 3 aromatic rings. The van der Waals surface area contributed by atoms with Gasteiger partial charge in [0.2, 0.25) is 0 Å². The number of benzene rings is 3. The maximum atomic E-state index is 10.9. The van der Waals surface area contributed by atoms with Crippen molar-refractivity contribution in [2.24, 2.45) is 0 Å². The predicted octanol–water partition coefficient (Wildman–Crippen LogP) is 4.06. The Morgan fingerprint density at radius 3 is 2.22 bits per heavy atom. The Morgan fingerprint density at radius 2 is 1.61 bits per heavy atom. The van der Waals surface area contributed by atoms with Crippen LogP contribution in [0.15, 0.2) is 60.2 Å². The highest BCUT2D eigenvalue weighted by Crippen LogP contribution is 2.28. The molecule has 3 heteroatoms. The minimum absolute atomic E-state index is 0.00301. The van der Waals surface area contributed by atoms with Crippen molar-refractivity contribution in [3.05, 3.63) is 71.3 Å². The second-order valence-electron chi connectivity index (χ2n) is 5.68. The van der Waals surface area contributed by atoms with Crippen molar-refractivity contribution in [3.63, 3.8) is 0 Å². The Morgan fingerprint density at radius 1 is 1.00 bits per heavy atom. The first-order chi connectivity index (χ1) is 11.1. The van der Waals surface area contributed by atoms with Crippen LogP contribution in [0.3, 0.4) is 0 Å². The Balaban J connectivity index is 2.17. The summed E-state index contributed by atoms with van der Waals surface area (Å²) in [5.74, 6) is -0.891. The molecule has 3 aromatic carbocycles. The van der Waals surface area contributed by atoms with Crippen molar-refractivity contribution in [2.75, 3.05) is 0 Å². The second-order valence-corrected chi connectivity index (χ2v) is 5.68. The number of allylic oxidation sites excluding steroid dienone is 1. The van der Waals surface area contributed by atoms with Crippen LogP contribution >= 0.6 is 0 Å². The van der Waals surface area contributed by atoms with E-state index in [1.54, 1.807) is 13.0 Å². The lowest BCUT2D eigenvalue weighted by molar-refractivity contribution is -0.132. The van der Waals surface area contributed by atoms with E-state index >= 15 is 0 Å². The van der Waals surface area contributed by atoms with E-state index < -0.39 is 5.97 Å². The fourth-order valence-electron chi connectivity index (χ4n) is 2.85. The van der Waals surface area contributed by atoms with Crippen LogP contribution in [0.2, 0.25) is 0 Å². The molecule has 3 rings (SSSR count). The van der Waals surface area contributed by atoms with Crippen molar-refractivity contribution in [1.29, 1.82) is 0 Å². The average molecular weight is 306 g/mol. The van der Waals surface area contributed by atoms with Crippen LogP contribution < -0.4 is 0 Å². The van der Waals surface area contributed by atoms with Gasteiger partial charge in [-0.3, -0.25) is 0 Å². The summed E-state index contributed by atoms with van der Waals surface area (Å²) in [7, 11) is 0. The van der Waals surface area contributed by atoms with Crippen molar-refractivity contribution < 1.29 is 15.0 Å². The summed E-state index contributed by atoms with van der Waals surface area (Å²) < 4.78 is 0. The summed E-state index contributed by atoms with van der Waals surface area (Å²) in [5.41, 5.74) is 2.33. The Labute approximate surface area is 134 Å². The minimum Gasteiger partial charge on any atom is -0.478 e. The van der Waals surface area contributed by atoms with Gasteiger partial charge in [0.05, 0.1) is 6.61 Å². The molecule has 0 fully saturated rings. The van der Waals surface area contributed by atoms with Crippen LogP contribution in [-0.2, 0) is 17.8 Å². The standard InChI is InChI=1S/C20H18O3/c1-13(20(22)23)8-9-14-4-2-5-15-10-16-6-3-7-17(12-21)19(16)11-18(14)15/h2-8,10-11,21H,9,12H2,1H3,(H,22,23). The Kier molecular flexibility index (Phi) is 4.13. The number of carboxylic acids is 1. The van der Waals surface area contributed by atoms with Gasteiger partial charge in [-0.25, -0.2) is 4.79 Å². The van der Waals surface area contributed by atoms with Crippen molar-refractivity contribution in [1.82, 2.24) is 0 Å². The molecule has 0 aliphatic rings. The lowest BCUT2D eigenvalue weighted by Gasteiger charge is -2.09. The quantitative estimate of drug-likeness (QED) is 0.564. The van der Waals surface area contributed by atoms with Gasteiger partial charge in [-0.15, -0.1) is 0 Å². The van der Waals surface area contributed by atoms with Crippen LogP contribution in [0.4, 0.5) is 0 Å². The Hall–Kier alpha value is -2.65. The van der Waals surface area contributed by atoms with Crippen LogP contribution in [0, 0.1) is 0 Å². The lowest BCUT2D eigenvalue weighted by atomic mass is 9.95. The first kappa shape index (κ1) is 15.3. The van der Waals surface area contributed by atoms with Crippen molar-refractivity contribution in [2.45, 2.75) is 20.0 Å². The molecule has 0 saturated heterocycles. The lowest BCUT2D eigenvalue weighted by Crippen LogP contribution is -1.97. The van der Waals surface area contributed by atoms with E-state index in [0.717, 1.165) is 32.7 Å². The van der Waals surface area contributed by atoms with Gasteiger partial charge in [0.15, 0.2) is 0 Å². The van der Waals surface area contributed by atoms with E-state index in [1.165, 1.54) is 0 Å². The molecule has 2 N–H and O–H groups in total. The third kappa shape index (κ3) is 2.96. The Bertz CT molecular complexity index is 923. The summed E-state index contributed by atoms with van der Waals surface area (Å²) >= 11 is 0. The first-order valence-electron chi connectivity index (χ1n) is 7.54. The topological polar surface area (TPSA) is 57.5 Å². The average Bonchev–Trinajstić information content (AvgIpc) is 2.57. The van der Waals surface area contributed by atoms with Crippen LogP contribution in [0.5, 0.6) is 0 Å². The highest BCUT2D eigenvalue weighted by molar-refractivity contribution is 6.01. The van der Waals surface area contributed by atoms with Crippen LogP contribution in [0.1, 0.15) is 18.1 Å². The van der Waals surface area contributed by atoms with E-state index in [-0.39, 0.29) is 6.61 Å². The number of carboxylic acid groups (broad SMARTS) is 1. The van der Waals surface area contributed by atoms with E-state index in [2.05, 4.69) is 18.2 Å². The molecule has 116 valence electrons. The fourth-order valence-corrected chi connectivity index (χ4v) is 2.85. The zero-order valence-electron chi connectivity index (χ0n) is 12.9. The second kappa shape index (κ2) is 6.23. The third-order valence-corrected chi connectivity index (χ3v) is 4.20. The number of hydrogen-bond acceptors (Lipinski definition) is 2. The van der Waals surface area contributed by atoms with E-state index in [4.69, 9.17) is 5.11 Å². The highest BCUT2D eigenvalue weighted by Gasteiger charge is 2.06. The normalized spacial score (nSPS) is 12.0. The zero-order valence-corrected chi connectivity index (χ0v) is 12.9. The number of hydrogen-bond donors (Lipinski definition) is 2. The molecule has 0 aromatic heterocycles. The molecule has 0 radical (unpaired) electrons. The van der Waals surface area contributed by atoms with E-state index in [9.17, 15) is 9.90 Å². The van der Waals surface area contributed by atoms with Gasteiger partial charge in [0, 0.05) is 5.57 Å². The summed E-state index contributed by atoms with van der Waals surface area (Å²) in [4.78, 5) is 10.9. The monoisotopic (exact) mass is 306 g/mol. The smallest absolute Gasteiger partial charge is 0.330 e. The molecule has 23 heavy (non-hydrogen) atoms. The summed E-state index contributed by atoms with van der Waals surface area (Å²) in [6, 6.07) is 16.2. The van der Waals surface area contributed by atoms with E-state index in [1.807, 2.05) is 30.3 Å². The molecular weight excluding hydrogens is 288 g/mol. The third-order valence-electron chi connectivity index (χ3n) is 4.20. The van der Waals surface area contributed by atoms with Crippen LogP contribution in [0.25, 0.3) is 21.5 Å². The largest absolute Gasteiger partial charge is 0.478 e. The summed E-state index contributed by atoms with van der Waals surface area (Å²) in [5, 5.41) is 22.9. The van der Waals surface area contributed by atoms with Gasteiger partial charge >= 0.3 is 5.97 Å². The fraction of sp³-hybridized carbons (Fsp3) is 0.150. The number of aliphatic hydroxyl groups is 1. The number of rotatable bonds is 4. The van der Waals surface area contributed by atoms with Gasteiger partial charge in [-0.05, 0) is 58.1 Å². The van der Waals surface area contributed by atoms with Crippen molar-refractivity contribution in [3.8, 4) is 0 Å². The molecule has 0 aliphatic carbocycles. The number of aliphatic hydroxyl groups excluding tert-OH is 1. The van der Waals surface area contributed by atoms with E-state index in [0.29, 0.717) is 12.0 Å². The van der Waals surface area contributed by atoms with Gasteiger partial charge in [0.25, 0.3) is 0 Å². The first-order valence-corrected chi connectivity index (χ1v) is 7.54. The molecule has 0 amide bonds. The molecule has 0 unspecified atom stereocenters. The van der Waals surface area contributed by atoms with Gasteiger partial charge < -0.3 is 10.2 Å². The summed E-state index contributed by atoms with van der Waals surface area (Å²) in [6.07, 6.45) is 2.31. The maximum Gasteiger partial charge on any atom is 0.330 e. The zero-order chi connectivity index (χ0) is 16.4. The van der Waals surface area contributed by atoms with Crippen molar-refractivity contribution >= 4 is 27.5 Å². The molecule has 3 nitrogen and oxygen atoms in total. The molecule has 0 aliphatic heterocycles. The van der Waals surface area contributed by atoms with Gasteiger partial charge in [-0.1, -0.05) is 42.5 Å².